The molecule has 5 nitrogen and oxygen atoms in total. The highest BCUT2D eigenvalue weighted by Gasteiger charge is 2.40. The molecule has 1 saturated heterocycles. The summed E-state index contributed by atoms with van der Waals surface area (Å²) in [6.07, 6.45) is 0.189. The van der Waals surface area contributed by atoms with Gasteiger partial charge in [-0.1, -0.05) is 6.92 Å². The highest BCUT2D eigenvalue weighted by Crippen LogP contribution is 2.24. The summed E-state index contributed by atoms with van der Waals surface area (Å²) in [6.45, 7) is 4.62. The standard InChI is InChI=1S/C10H15NO4/c1-6-4-7(12)11(8(6)13)5-10(2,3)9(14)15/h6H,4-5H2,1-3H3,(H,14,15). The molecule has 0 aliphatic carbocycles. The average Bonchev–Trinajstić information content (AvgIpc) is 2.32. The van der Waals surface area contributed by atoms with Crippen LogP contribution >= 0.6 is 0 Å². The van der Waals surface area contributed by atoms with E-state index in [1.54, 1.807) is 6.92 Å². The van der Waals surface area contributed by atoms with Crippen molar-refractivity contribution in [1.82, 2.24) is 4.90 Å². The molecule has 0 spiro atoms. The van der Waals surface area contributed by atoms with Crippen LogP contribution in [-0.4, -0.2) is 34.3 Å². The van der Waals surface area contributed by atoms with Crippen molar-refractivity contribution in [2.45, 2.75) is 27.2 Å². The molecule has 0 bridgehead atoms. The Hall–Kier alpha value is -1.39. The minimum absolute atomic E-state index is 0.0513. The fraction of sp³-hybridized carbons (Fsp3) is 0.700. The smallest absolute Gasteiger partial charge is 0.310 e. The molecule has 1 rings (SSSR count). The number of imide groups is 1. The number of likely N-dealkylation sites (tertiary alicyclic amines) is 1. The summed E-state index contributed by atoms with van der Waals surface area (Å²) in [5.74, 6) is -1.87. The van der Waals surface area contributed by atoms with E-state index in [-0.39, 0.29) is 30.7 Å². The van der Waals surface area contributed by atoms with E-state index >= 15 is 0 Å². The fourth-order valence-electron chi connectivity index (χ4n) is 1.48. The van der Waals surface area contributed by atoms with Crippen LogP contribution < -0.4 is 0 Å². The lowest BCUT2D eigenvalue weighted by molar-refractivity contribution is -0.150. The second-order valence-electron chi connectivity index (χ2n) is 4.61. The SMILES string of the molecule is CC1CC(=O)N(CC(C)(C)C(=O)O)C1=O. The molecule has 2 amide bonds. The number of nitrogens with zero attached hydrogens (tertiary/aromatic N) is 1. The van der Waals surface area contributed by atoms with Crippen LogP contribution in [0, 0.1) is 11.3 Å². The van der Waals surface area contributed by atoms with Crippen LogP contribution in [0.3, 0.4) is 0 Å². The molecule has 1 N–H and O–H groups in total. The zero-order chi connectivity index (χ0) is 11.8. The fourth-order valence-corrected chi connectivity index (χ4v) is 1.48. The Kier molecular flexibility index (Phi) is 2.83. The molecule has 1 unspecified atom stereocenters. The molecule has 5 heteroatoms. The molecule has 1 heterocycles. The topological polar surface area (TPSA) is 74.7 Å². The number of aliphatic carboxylic acids is 1. The van der Waals surface area contributed by atoms with Crippen molar-refractivity contribution in [2.75, 3.05) is 6.54 Å². The number of hydrogen-bond donors (Lipinski definition) is 1. The van der Waals surface area contributed by atoms with Gasteiger partial charge >= 0.3 is 5.97 Å². The zero-order valence-electron chi connectivity index (χ0n) is 9.11. The van der Waals surface area contributed by atoms with Gasteiger partial charge in [0.05, 0.1) is 5.41 Å². The second kappa shape index (κ2) is 3.64. The first kappa shape index (κ1) is 11.7. The van der Waals surface area contributed by atoms with E-state index in [0.29, 0.717) is 0 Å². The van der Waals surface area contributed by atoms with E-state index in [0.717, 1.165) is 4.90 Å². The van der Waals surface area contributed by atoms with Crippen LogP contribution in [0.15, 0.2) is 0 Å². The molecule has 0 radical (unpaired) electrons. The molecule has 1 atom stereocenters. The summed E-state index contributed by atoms with van der Waals surface area (Å²) in [5, 5.41) is 8.89. The van der Waals surface area contributed by atoms with E-state index in [9.17, 15) is 14.4 Å². The summed E-state index contributed by atoms with van der Waals surface area (Å²) in [7, 11) is 0. The first-order valence-electron chi connectivity index (χ1n) is 4.83. The molecular weight excluding hydrogens is 198 g/mol. The number of carboxylic acids is 1. The van der Waals surface area contributed by atoms with Gasteiger partial charge in [-0.3, -0.25) is 19.3 Å². The molecule has 84 valence electrons. The maximum absolute atomic E-state index is 11.5. The van der Waals surface area contributed by atoms with Gasteiger partial charge in [0.2, 0.25) is 11.8 Å². The molecule has 1 fully saturated rings. The van der Waals surface area contributed by atoms with E-state index in [1.807, 2.05) is 0 Å². The Morgan fingerprint density at radius 1 is 1.53 bits per heavy atom. The third-order valence-corrected chi connectivity index (χ3v) is 2.60. The predicted octanol–water partition coefficient (Wildman–Crippen LogP) is 0.492. The van der Waals surface area contributed by atoms with Crippen LogP contribution in [0.2, 0.25) is 0 Å². The predicted molar refractivity (Wildman–Crippen MR) is 51.9 cm³/mol. The highest BCUT2D eigenvalue weighted by molar-refractivity contribution is 6.03. The number of rotatable bonds is 3. The van der Waals surface area contributed by atoms with Crippen LogP contribution in [0.5, 0.6) is 0 Å². The van der Waals surface area contributed by atoms with Crippen molar-refractivity contribution in [3.63, 3.8) is 0 Å². The zero-order valence-corrected chi connectivity index (χ0v) is 9.11. The van der Waals surface area contributed by atoms with Gasteiger partial charge in [0.15, 0.2) is 0 Å². The Bertz CT molecular complexity index is 321. The Labute approximate surface area is 88.1 Å². The van der Waals surface area contributed by atoms with Gasteiger partial charge < -0.3 is 5.11 Å². The van der Waals surface area contributed by atoms with Crippen LogP contribution in [0.25, 0.3) is 0 Å². The van der Waals surface area contributed by atoms with Crippen molar-refractivity contribution >= 4 is 17.8 Å². The molecule has 0 aromatic heterocycles. The average molecular weight is 213 g/mol. The molecule has 0 aromatic carbocycles. The van der Waals surface area contributed by atoms with Crippen LogP contribution in [0.1, 0.15) is 27.2 Å². The van der Waals surface area contributed by atoms with Gasteiger partial charge in [0.1, 0.15) is 0 Å². The maximum atomic E-state index is 11.5. The van der Waals surface area contributed by atoms with E-state index in [1.165, 1.54) is 13.8 Å². The third-order valence-electron chi connectivity index (χ3n) is 2.60. The van der Waals surface area contributed by atoms with E-state index < -0.39 is 11.4 Å². The van der Waals surface area contributed by atoms with Crippen molar-refractivity contribution in [3.8, 4) is 0 Å². The Balaban J connectivity index is 2.79. The van der Waals surface area contributed by atoms with Gasteiger partial charge in [-0.05, 0) is 13.8 Å². The summed E-state index contributed by atoms with van der Waals surface area (Å²) in [5.41, 5.74) is -1.09. The van der Waals surface area contributed by atoms with Gasteiger partial charge in [0, 0.05) is 18.9 Å². The summed E-state index contributed by atoms with van der Waals surface area (Å²) < 4.78 is 0. The first-order valence-corrected chi connectivity index (χ1v) is 4.83. The second-order valence-corrected chi connectivity index (χ2v) is 4.61. The monoisotopic (exact) mass is 213 g/mol. The van der Waals surface area contributed by atoms with Crippen molar-refractivity contribution in [1.29, 1.82) is 0 Å². The molecule has 1 aliphatic heterocycles. The van der Waals surface area contributed by atoms with Crippen molar-refractivity contribution < 1.29 is 19.5 Å². The van der Waals surface area contributed by atoms with Gasteiger partial charge in [-0.25, -0.2) is 0 Å². The first-order chi connectivity index (χ1) is 6.75. The number of carboxylic acid groups (broad SMARTS) is 1. The van der Waals surface area contributed by atoms with E-state index in [4.69, 9.17) is 5.11 Å². The highest BCUT2D eigenvalue weighted by atomic mass is 16.4. The number of amides is 2. The van der Waals surface area contributed by atoms with Crippen LogP contribution in [-0.2, 0) is 14.4 Å². The molecule has 0 aromatic rings. The maximum Gasteiger partial charge on any atom is 0.310 e. The van der Waals surface area contributed by atoms with Gasteiger partial charge in [0.25, 0.3) is 0 Å². The lowest BCUT2D eigenvalue weighted by Crippen LogP contribution is -2.42. The third kappa shape index (κ3) is 2.16. The molecule has 15 heavy (non-hydrogen) atoms. The number of carbonyl (C=O) groups excluding carboxylic acids is 2. The van der Waals surface area contributed by atoms with E-state index in [2.05, 4.69) is 0 Å². The lowest BCUT2D eigenvalue weighted by atomic mass is 9.93. The Morgan fingerprint density at radius 2 is 2.07 bits per heavy atom. The minimum Gasteiger partial charge on any atom is -0.481 e. The van der Waals surface area contributed by atoms with Crippen molar-refractivity contribution in [2.24, 2.45) is 11.3 Å². The Morgan fingerprint density at radius 3 is 2.40 bits per heavy atom. The number of carbonyl (C=O) groups is 3. The van der Waals surface area contributed by atoms with Gasteiger partial charge in [-0.2, -0.15) is 0 Å². The number of hydrogen-bond acceptors (Lipinski definition) is 3. The minimum atomic E-state index is -1.09. The van der Waals surface area contributed by atoms with Crippen molar-refractivity contribution in [3.05, 3.63) is 0 Å². The quantitative estimate of drug-likeness (QED) is 0.692. The normalized spacial score (nSPS) is 22.3. The lowest BCUT2D eigenvalue weighted by Gasteiger charge is -2.25. The van der Waals surface area contributed by atoms with Gasteiger partial charge in [-0.15, -0.1) is 0 Å². The largest absolute Gasteiger partial charge is 0.481 e. The summed E-state index contributed by atoms with van der Waals surface area (Å²) in [6, 6.07) is 0. The molecule has 0 saturated carbocycles. The summed E-state index contributed by atoms with van der Waals surface area (Å²) >= 11 is 0. The summed E-state index contributed by atoms with van der Waals surface area (Å²) in [4.78, 5) is 34.8. The molecular formula is C10H15NO4. The van der Waals surface area contributed by atoms with Crippen LogP contribution in [0.4, 0.5) is 0 Å². The molecule has 1 aliphatic rings.